The van der Waals surface area contributed by atoms with Gasteiger partial charge in [-0.2, -0.15) is 0 Å². The number of benzene rings is 1. The third-order valence-electron chi connectivity index (χ3n) is 2.73. The van der Waals surface area contributed by atoms with Crippen LogP contribution in [0.15, 0.2) is 29.3 Å². The number of hydrogen-bond donors (Lipinski definition) is 2. The van der Waals surface area contributed by atoms with Gasteiger partial charge in [-0.15, -0.1) is 37.1 Å². The highest BCUT2D eigenvalue weighted by molar-refractivity contribution is 14.0. The van der Waals surface area contributed by atoms with Crippen molar-refractivity contribution in [1.29, 1.82) is 0 Å². The third kappa shape index (κ3) is 7.22. The number of anilines is 1. The van der Waals surface area contributed by atoms with Crippen LogP contribution in [0.3, 0.4) is 0 Å². The van der Waals surface area contributed by atoms with Crippen LogP contribution in [0.2, 0.25) is 0 Å². The van der Waals surface area contributed by atoms with Gasteiger partial charge in [0, 0.05) is 0 Å². The van der Waals surface area contributed by atoms with E-state index in [2.05, 4.69) is 15.0 Å². The maximum absolute atomic E-state index is 12.3. The number of alkyl halides is 3. The minimum atomic E-state index is -4.78. The van der Waals surface area contributed by atoms with Crippen LogP contribution in [0.1, 0.15) is 0 Å². The molecule has 0 bridgehead atoms. The molecule has 1 aromatic carbocycles. The summed E-state index contributed by atoms with van der Waals surface area (Å²) in [5, 5.41) is 2.58. The first-order chi connectivity index (χ1) is 10.4. The molecule has 1 saturated heterocycles. The minimum absolute atomic E-state index is 0. The smallest absolute Gasteiger partial charge is 0.404 e. The van der Waals surface area contributed by atoms with Crippen molar-refractivity contribution < 1.29 is 27.4 Å². The Balaban J connectivity index is 0.00000264. The Bertz CT molecular complexity index is 523. The topological polar surface area (TPSA) is 78.1 Å². The van der Waals surface area contributed by atoms with E-state index in [0.717, 1.165) is 0 Å². The molecule has 1 fully saturated rings. The molecule has 0 amide bonds. The van der Waals surface area contributed by atoms with Crippen LogP contribution in [0, 0.1) is 0 Å². The average Bonchev–Trinajstić information content (AvgIpc) is 2.47. The molecule has 1 aliphatic rings. The summed E-state index contributed by atoms with van der Waals surface area (Å²) in [7, 11) is 0. The van der Waals surface area contributed by atoms with Gasteiger partial charge >= 0.3 is 6.36 Å². The van der Waals surface area contributed by atoms with Crippen LogP contribution in [0.25, 0.3) is 0 Å². The summed E-state index contributed by atoms with van der Waals surface area (Å²) in [4.78, 5) is 4.02. The highest BCUT2D eigenvalue weighted by atomic mass is 127. The van der Waals surface area contributed by atoms with E-state index in [9.17, 15) is 13.2 Å². The van der Waals surface area contributed by atoms with E-state index in [4.69, 9.17) is 15.2 Å². The van der Waals surface area contributed by atoms with Gasteiger partial charge in [0.05, 0.1) is 32.1 Å². The summed E-state index contributed by atoms with van der Waals surface area (Å²) in [6.07, 6.45) is -4.99. The van der Waals surface area contributed by atoms with Crippen LogP contribution in [0.4, 0.5) is 18.9 Å². The normalized spacial score (nSPS) is 18.9. The fourth-order valence-electron chi connectivity index (χ4n) is 1.80. The van der Waals surface area contributed by atoms with Crippen LogP contribution in [-0.2, 0) is 9.47 Å². The van der Waals surface area contributed by atoms with Crippen molar-refractivity contribution in [2.24, 2.45) is 10.7 Å². The van der Waals surface area contributed by atoms with Gasteiger partial charge in [0.2, 0.25) is 0 Å². The third-order valence-corrected chi connectivity index (χ3v) is 2.73. The first kappa shape index (κ1) is 19.8. The summed E-state index contributed by atoms with van der Waals surface area (Å²) in [5.41, 5.74) is 5.73. The number of aliphatic imine (C=N–C) groups is 1. The van der Waals surface area contributed by atoms with Gasteiger partial charge in [-0.1, -0.05) is 12.1 Å². The fourth-order valence-corrected chi connectivity index (χ4v) is 1.80. The lowest BCUT2D eigenvalue weighted by Crippen LogP contribution is -2.32. The van der Waals surface area contributed by atoms with Gasteiger partial charge in [-0.05, 0) is 12.1 Å². The standard InChI is InChI=1S/C13H16F3N3O3.HI/c14-13(15,16)22-11-4-2-1-3-10(11)19-12(17)18-7-9-8-20-5-6-21-9;/h1-4,9H,5-8H2,(H3,17,18,19);1H. The van der Waals surface area contributed by atoms with Gasteiger partial charge in [0.1, 0.15) is 6.10 Å². The van der Waals surface area contributed by atoms with Crippen LogP contribution >= 0.6 is 24.0 Å². The van der Waals surface area contributed by atoms with Crippen molar-refractivity contribution in [3.63, 3.8) is 0 Å². The molecule has 6 nitrogen and oxygen atoms in total. The van der Waals surface area contributed by atoms with Gasteiger partial charge in [0.25, 0.3) is 0 Å². The minimum Gasteiger partial charge on any atom is -0.404 e. The molecule has 23 heavy (non-hydrogen) atoms. The Hall–Kier alpha value is -1.27. The Labute approximate surface area is 148 Å². The first-order valence-electron chi connectivity index (χ1n) is 6.55. The van der Waals surface area contributed by atoms with Crippen molar-refractivity contribution >= 4 is 35.6 Å². The Kier molecular flexibility index (Phi) is 7.85. The fraction of sp³-hybridized carbons (Fsp3) is 0.462. The molecule has 2 rings (SSSR count). The van der Waals surface area contributed by atoms with E-state index in [-0.39, 0.29) is 54.0 Å². The lowest BCUT2D eigenvalue weighted by atomic mass is 10.3. The number of hydrogen-bond acceptors (Lipinski definition) is 4. The molecule has 1 heterocycles. The molecule has 130 valence electrons. The predicted molar refractivity (Wildman–Crippen MR) is 89.2 cm³/mol. The Morgan fingerprint density at radius 1 is 1.35 bits per heavy atom. The molecule has 0 spiro atoms. The molecule has 1 aromatic rings. The van der Waals surface area contributed by atoms with E-state index >= 15 is 0 Å². The van der Waals surface area contributed by atoms with Crippen molar-refractivity contribution in [3.05, 3.63) is 24.3 Å². The summed E-state index contributed by atoms with van der Waals surface area (Å²) in [6.45, 7) is 1.68. The van der Waals surface area contributed by atoms with Crippen molar-refractivity contribution in [3.8, 4) is 5.75 Å². The van der Waals surface area contributed by atoms with Gasteiger partial charge in [0.15, 0.2) is 11.7 Å². The maximum Gasteiger partial charge on any atom is 0.573 e. The van der Waals surface area contributed by atoms with Gasteiger partial charge < -0.3 is 25.3 Å². The SMILES string of the molecule is I.NC(=NCC1COCCO1)Nc1ccccc1OC(F)(F)F. The summed E-state index contributed by atoms with van der Waals surface area (Å²) < 4.78 is 51.4. The Morgan fingerprint density at radius 3 is 2.74 bits per heavy atom. The number of rotatable bonds is 4. The monoisotopic (exact) mass is 447 g/mol. The second-order valence-corrected chi connectivity index (χ2v) is 4.46. The van der Waals surface area contributed by atoms with Crippen LogP contribution < -0.4 is 15.8 Å². The molecule has 1 aliphatic heterocycles. The zero-order valence-corrected chi connectivity index (χ0v) is 14.3. The highest BCUT2D eigenvalue weighted by Crippen LogP contribution is 2.29. The second-order valence-electron chi connectivity index (χ2n) is 4.46. The molecule has 0 aliphatic carbocycles. The molecular formula is C13H17F3IN3O3. The molecule has 1 unspecified atom stereocenters. The number of halogens is 4. The Morgan fingerprint density at radius 2 is 2.09 bits per heavy atom. The van der Waals surface area contributed by atoms with Crippen molar-refractivity contribution in [2.75, 3.05) is 31.7 Å². The van der Waals surface area contributed by atoms with E-state index in [1.165, 1.54) is 18.2 Å². The van der Waals surface area contributed by atoms with E-state index in [1.807, 2.05) is 0 Å². The number of nitrogens with two attached hydrogens (primary N) is 1. The molecule has 3 N–H and O–H groups in total. The number of para-hydroxylation sites is 2. The maximum atomic E-state index is 12.3. The van der Waals surface area contributed by atoms with Crippen molar-refractivity contribution in [2.45, 2.75) is 12.5 Å². The molecular weight excluding hydrogens is 430 g/mol. The van der Waals surface area contributed by atoms with Crippen LogP contribution in [-0.4, -0.2) is 44.8 Å². The van der Waals surface area contributed by atoms with E-state index < -0.39 is 6.36 Å². The second kappa shape index (κ2) is 9.13. The average molecular weight is 447 g/mol. The van der Waals surface area contributed by atoms with Gasteiger partial charge in [-0.3, -0.25) is 4.99 Å². The lowest BCUT2D eigenvalue weighted by Gasteiger charge is -2.21. The van der Waals surface area contributed by atoms with Crippen molar-refractivity contribution in [1.82, 2.24) is 0 Å². The molecule has 0 aromatic heterocycles. The molecule has 0 radical (unpaired) electrons. The first-order valence-corrected chi connectivity index (χ1v) is 6.55. The predicted octanol–water partition coefficient (Wildman–Crippen LogP) is 2.35. The quantitative estimate of drug-likeness (QED) is 0.421. The van der Waals surface area contributed by atoms with Gasteiger partial charge in [-0.25, -0.2) is 0 Å². The molecule has 1 atom stereocenters. The highest BCUT2D eigenvalue weighted by Gasteiger charge is 2.32. The zero-order chi connectivity index (χ0) is 16.0. The summed E-state index contributed by atoms with van der Waals surface area (Å²) in [6, 6.07) is 5.56. The molecule has 10 heteroatoms. The summed E-state index contributed by atoms with van der Waals surface area (Å²) in [5.74, 6) is -0.419. The zero-order valence-electron chi connectivity index (χ0n) is 12.0. The largest absolute Gasteiger partial charge is 0.573 e. The van der Waals surface area contributed by atoms with E-state index in [1.54, 1.807) is 6.07 Å². The lowest BCUT2D eigenvalue weighted by molar-refractivity contribution is -0.274. The van der Waals surface area contributed by atoms with Crippen LogP contribution in [0.5, 0.6) is 5.75 Å². The number of ether oxygens (including phenoxy) is 3. The summed E-state index contributed by atoms with van der Waals surface area (Å²) >= 11 is 0. The number of nitrogens with zero attached hydrogens (tertiary/aromatic N) is 1. The number of guanidine groups is 1. The number of nitrogens with one attached hydrogen (secondary N) is 1. The van der Waals surface area contributed by atoms with E-state index in [0.29, 0.717) is 19.8 Å². The molecule has 0 saturated carbocycles.